The Hall–Kier alpha value is -2.65. The highest BCUT2D eigenvalue weighted by Crippen LogP contribution is 2.23. The van der Waals surface area contributed by atoms with Crippen LogP contribution in [0.4, 0.5) is 10.9 Å². The number of nitrogens with zero attached hydrogens (tertiary/aromatic N) is 5. The molecule has 0 saturated carbocycles. The van der Waals surface area contributed by atoms with Crippen molar-refractivity contribution in [3.63, 3.8) is 0 Å². The second-order valence-corrected chi connectivity index (χ2v) is 8.91. The Morgan fingerprint density at radius 3 is 2.86 bits per heavy atom. The molecule has 0 aromatic carbocycles. The lowest BCUT2D eigenvalue weighted by molar-refractivity contribution is -0.127. The number of carbonyl (C=O) groups excluding carboxylic acids is 1. The maximum absolute atomic E-state index is 12.4. The van der Waals surface area contributed by atoms with Gasteiger partial charge in [-0.1, -0.05) is 0 Å². The third kappa shape index (κ3) is 5.45. The van der Waals surface area contributed by atoms with Crippen LogP contribution in [0.15, 0.2) is 35.4 Å². The van der Waals surface area contributed by atoms with Crippen LogP contribution >= 0.6 is 22.7 Å². The van der Waals surface area contributed by atoms with Crippen LogP contribution in [-0.4, -0.2) is 43.8 Å². The lowest BCUT2D eigenvalue weighted by atomic mass is 9.92. The number of anilines is 2. The van der Waals surface area contributed by atoms with Gasteiger partial charge in [-0.25, -0.2) is 19.9 Å². The molecule has 0 bridgehead atoms. The minimum Gasteiger partial charge on any atom is -0.339 e. The summed E-state index contributed by atoms with van der Waals surface area (Å²) in [4.78, 5) is 31.6. The van der Waals surface area contributed by atoms with Crippen LogP contribution < -0.4 is 5.32 Å². The monoisotopic (exact) mass is 426 g/mol. The van der Waals surface area contributed by atoms with E-state index in [1.807, 2.05) is 28.7 Å². The van der Waals surface area contributed by atoms with Crippen LogP contribution in [0.1, 0.15) is 29.2 Å². The number of hydrogen-bond donors (Lipinski definition) is 1. The zero-order valence-electron chi connectivity index (χ0n) is 16.1. The Morgan fingerprint density at radius 1 is 1.28 bits per heavy atom. The largest absolute Gasteiger partial charge is 0.339 e. The molecule has 1 fully saturated rings. The first-order valence-electron chi connectivity index (χ1n) is 9.52. The summed E-state index contributed by atoms with van der Waals surface area (Å²) in [6, 6.07) is 1.98. The van der Waals surface area contributed by atoms with Gasteiger partial charge in [-0.15, -0.1) is 22.7 Å². The van der Waals surface area contributed by atoms with Gasteiger partial charge in [-0.05, 0) is 38.2 Å². The number of carbonyl (C=O) groups is 1. The molecule has 9 heteroatoms. The van der Waals surface area contributed by atoms with Gasteiger partial charge in [-0.2, -0.15) is 0 Å². The Kier molecular flexibility index (Phi) is 6.26. The summed E-state index contributed by atoms with van der Waals surface area (Å²) in [5.41, 5.74) is 1.87. The average molecular weight is 427 g/mol. The Labute approximate surface area is 177 Å². The predicted octanol–water partition coefficient (Wildman–Crippen LogP) is 3.94. The maximum atomic E-state index is 12.4. The molecule has 1 aliphatic heterocycles. The van der Waals surface area contributed by atoms with Crippen molar-refractivity contribution < 1.29 is 4.79 Å². The van der Waals surface area contributed by atoms with Crippen LogP contribution in [0.5, 0.6) is 0 Å². The molecule has 150 valence electrons. The van der Waals surface area contributed by atoms with Crippen molar-refractivity contribution in [1.82, 2.24) is 24.8 Å². The van der Waals surface area contributed by atoms with Gasteiger partial charge in [0.1, 0.15) is 12.1 Å². The zero-order valence-corrected chi connectivity index (χ0v) is 17.7. The lowest BCUT2D eigenvalue weighted by Crippen LogP contribution is -2.38. The van der Waals surface area contributed by atoms with E-state index in [0.717, 1.165) is 59.7 Å². The zero-order chi connectivity index (χ0) is 20.1. The lowest BCUT2D eigenvalue weighted by Gasteiger charge is -2.31. The number of piperidine rings is 1. The average Bonchev–Trinajstić information content (AvgIpc) is 3.39. The van der Waals surface area contributed by atoms with Crippen molar-refractivity contribution in [3.05, 3.63) is 51.8 Å². The van der Waals surface area contributed by atoms with Crippen molar-refractivity contribution in [2.45, 2.75) is 26.2 Å². The molecule has 3 aromatic heterocycles. The highest BCUT2D eigenvalue weighted by Gasteiger charge is 2.22. The fourth-order valence-electron chi connectivity index (χ4n) is 3.34. The summed E-state index contributed by atoms with van der Waals surface area (Å²) in [6.45, 7) is 3.52. The van der Waals surface area contributed by atoms with Crippen LogP contribution in [-0.2, 0) is 11.2 Å². The quantitative estimate of drug-likeness (QED) is 0.601. The number of aryl methyl sites for hydroxylation is 1. The first-order chi connectivity index (χ1) is 14.2. The molecule has 7 nitrogen and oxygen atoms in total. The van der Waals surface area contributed by atoms with E-state index in [9.17, 15) is 4.79 Å². The van der Waals surface area contributed by atoms with Crippen molar-refractivity contribution in [1.29, 1.82) is 0 Å². The molecule has 0 unspecified atom stereocenters. The molecular formula is C20H22N6OS2. The molecule has 0 spiro atoms. The van der Waals surface area contributed by atoms with E-state index in [-0.39, 0.29) is 5.91 Å². The van der Waals surface area contributed by atoms with E-state index < -0.39 is 0 Å². The van der Waals surface area contributed by atoms with Gasteiger partial charge in [0.2, 0.25) is 5.91 Å². The van der Waals surface area contributed by atoms with Crippen molar-refractivity contribution in [2.24, 2.45) is 5.92 Å². The number of likely N-dealkylation sites (tertiary alicyclic amines) is 1. The molecule has 29 heavy (non-hydrogen) atoms. The van der Waals surface area contributed by atoms with Crippen molar-refractivity contribution >= 4 is 45.6 Å². The second-order valence-electron chi connectivity index (χ2n) is 6.95. The number of amides is 1. The topological polar surface area (TPSA) is 83.9 Å². The molecule has 1 saturated heterocycles. The SMILES string of the molecule is Cc1nc(/C=C/C(=O)N2CCC(Cc3cc(Nc4nccs4)ncn3)CC2)cs1. The minimum atomic E-state index is 0.0612. The summed E-state index contributed by atoms with van der Waals surface area (Å²) >= 11 is 3.13. The van der Waals surface area contributed by atoms with E-state index >= 15 is 0 Å². The van der Waals surface area contributed by atoms with E-state index in [4.69, 9.17) is 0 Å². The molecule has 1 amide bonds. The summed E-state index contributed by atoms with van der Waals surface area (Å²) in [5, 5.41) is 8.92. The van der Waals surface area contributed by atoms with Crippen LogP contribution in [0.3, 0.4) is 0 Å². The van der Waals surface area contributed by atoms with E-state index in [0.29, 0.717) is 5.92 Å². The summed E-state index contributed by atoms with van der Waals surface area (Å²) in [6.07, 6.45) is 9.64. The van der Waals surface area contributed by atoms with Gasteiger partial charge < -0.3 is 10.2 Å². The van der Waals surface area contributed by atoms with E-state index in [1.165, 1.54) is 11.3 Å². The van der Waals surface area contributed by atoms with Gasteiger partial charge in [-0.3, -0.25) is 4.79 Å². The third-order valence-electron chi connectivity index (χ3n) is 4.85. The summed E-state index contributed by atoms with van der Waals surface area (Å²) < 4.78 is 0. The first kappa shape index (κ1) is 19.7. The van der Waals surface area contributed by atoms with Crippen molar-refractivity contribution in [2.75, 3.05) is 18.4 Å². The Morgan fingerprint density at radius 2 is 2.14 bits per heavy atom. The highest BCUT2D eigenvalue weighted by atomic mass is 32.1. The predicted molar refractivity (Wildman–Crippen MR) is 116 cm³/mol. The van der Waals surface area contributed by atoms with E-state index in [1.54, 1.807) is 36.0 Å². The number of nitrogens with one attached hydrogen (secondary N) is 1. The number of hydrogen-bond acceptors (Lipinski definition) is 8. The standard InChI is InChI=1S/C20H22N6OS2/c1-14-24-16(12-29-14)2-3-19(27)26-7-4-15(5-8-26)10-17-11-18(23-13-22-17)25-20-21-6-9-28-20/h2-3,6,9,11-13,15H,4-5,7-8,10H2,1H3,(H,21,22,23,25)/b3-2+. The molecule has 0 atom stereocenters. The maximum Gasteiger partial charge on any atom is 0.246 e. The Balaban J connectivity index is 1.27. The highest BCUT2D eigenvalue weighted by molar-refractivity contribution is 7.13. The Bertz CT molecular complexity index is 977. The third-order valence-corrected chi connectivity index (χ3v) is 6.33. The molecule has 0 aliphatic carbocycles. The van der Waals surface area contributed by atoms with Gasteiger partial charge in [0, 0.05) is 47.9 Å². The first-order valence-corrected chi connectivity index (χ1v) is 11.3. The van der Waals surface area contributed by atoms with Crippen molar-refractivity contribution in [3.8, 4) is 0 Å². The van der Waals surface area contributed by atoms with Gasteiger partial charge in [0.25, 0.3) is 0 Å². The minimum absolute atomic E-state index is 0.0612. The summed E-state index contributed by atoms with van der Waals surface area (Å²) in [5.74, 6) is 1.35. The molecule has 0 radical (unpaired) electrons. The van der Waals surface area contributed by atoms with Gasteiger partial charge in [0.15, 0.2) is 5.13 Å². The fraction of sp³-hybridized carbons (Fsp3) is 0.350. The van der Waals surface area contributed by atoms with Crippen LogP contribution in [0.25, 0.3) is 6.08 Å². The smallest absolute Gasteiger partial charge is 0.246 e. The fourth-order valence-corrected chi connectivity index (χ4v) is 4.46. The van der Waals surface area contributed by atoms with E-state index in [2.05, 4.69) is 25.3 Å². The molecule has 1 aliphatic rings. The number of rotatable bonds is 6. The number of thiazole rings is 2. The molecule has 4 heterocycles. The normalized spacial score (nSPS) is 15.1. The molecular weight excluding hydrogens is 404 g/mol. The molecule has 4 rings (SSSR count). The number of aromatic nitrogens is 4. The molecule has 1 N–H and O–H groups in total. The van der Waals surface area contributed by atoms with Gasteiger partial charge in [0.05, 0.1) is 10.7 Å². The summed E-state index contributed by atoms with van der Waals surface area (Å²) in [7, 11) is 0. The van der Waals surface area contributed by atoms with Crippen LogP contribution in [0.2, 0.25) is 0 Å². The molecule has 3 aromatic rings. The second kappa shape index (κ2) is 9.23. The van der Waals surface area contributed by atoms with Crippen LogP contribution in [0, 0.1) is 12.8 Å². The van der Waals surface area contributed by atoms with Gasteiger partial charge >= 0.3 is 0 Å².